The molecule has 2 unspecified atom stereocenters. The fourth-order valence-electron chi connectivity index (χ4n) is 12.1. The number of hydrogen-bond acceptors (Lipinski definition) is 8. The van der Waals surface area contributed by atoms with Crippen LogP contribution in [-0.4, -0.2) is 56.4 Å². The van der Waals surface area contributed by atoms with Crippen molar-refractivity contribution in [3.63, 3.8) is 0 Å². The second kappa shape index (κ2) is 15.1. The number of fused-ring (bicyclic) bond motifs is 12. The van der Waals surface area contributed by atoms with Crippen LogP contribution < -0.4 is 15.5 Å². The first kappa shape index (κ1) is 38.4. The lowest BCUT2D eigenvalue weighted by Crippen LogP contribution is -2.44. The van der Waals surface area contributed by atoms with Gasteiger partial charge in [0, 0.05) is 40.7 Å². The number of imide groups is 2. The van der Waals surface area contributed by atoms with Crippen molar-refractivity contribution in [3.8, 4) is 0 Å². The minimum Gasteiger partial charge on any atom is -0.324 e. The van der Waals surface area contributed by atoms with E-state index in [2.05, 4.69) is 32.8 Å². The molecule has 7 aliphatic rings. The van der Waals surface area contributed by atoms with E-state index in [1.54, 1.807) is 41.6 Å². The Balaban J connectivity index is 0.000000139. The van der Waals surface area contributed by atoms with Gasteiger partial charge in [0.05, 0.1) is 51.8 Å². The number of para-hydroxylation sites is 2. The minimum absolute atomic E-state index is 0.00482. The number of nitrogens with one attached hydrogen (secondary N) is 2. The van der Waals surface area contributed by atoms with Crippen LogP contribution in [0.2, 0.25) is 0 Å². The second-order valence-corrected chi connectivity index (χ2v) is 18.2. The Kier molecular flexibility index (Phi) is 9.35. The van der Waals surface area contributed by atoms with Crippen LogP contribution in [0.25, 0.3) is 21.8 Å². The Morgan fingerprint density at radius 3 is 1.65 bits per heavy atom. The van der Waals surface area contributed by atoms with Crippen LogP contribution in [0.1, 0.15) is 61.7 Å². The van der Waals surface area contributed by atoms with E-state index in [-0.39, 0.29) is 82.9 Å². The van der Waals surface area contributed by atoms with Crippen molar-refractivity contribution >= 4 is 74.3 Å². The third-order valence-electron chi connectivity index (χ3n) is 15.0. The SMILES string of the molecule is O=C(Nc1cccc2cccnc12)C1CCC(N2C(=O)[C@@H]3[C@H](C2=O)C2C=C[C@H]3C2)CC1.O=C(Nc1cccc2cccnc12)c1ccc(N2C(=O)[C@H]3[C@H]4CCC(C4)[C@H]3C2=O)cc1. The third kappa shape index (κ3) is 6.24. The lowest BCUT2D eigenvalue weighted by atomic mass is 9.81. The normalized spacial score (nSPS) is 30.2. The molecule has 5 aromatic rings. The molecule has 12 nitrogen and oxygen atoms in total. The Hall–Kier alpha value is -6.56. The summed E-state index contributed by atoms with van der Waals surface area (Å²) in [6.45, 7) is 0. The summed E-state index contributed by atoms with van der Waals surface area (Å²) in [5, 5.41) is 7.90. The van der Waals surface area contributed by atoms with Crippen LogP contribution in [0.3, 0.4) is 0 Å². The molecule has 0 radical (unpaired) electrons. The van der Waals surface area contributed by atoms with Crippen molar-refractivity contribution in [2.24, 2.45) is 53.3 Å². The quantitative estimate of drug-likeness (QED) is 0.131. The molecule has 12 rings (SSSR count). The van der Waals surface area contributed by atoms with Crippen LogP contribution in [-0.2, 0) is 24.0 Å². The zero-order valence-corrected chi connectivity index (χ0v) is 34.1. The lowest BCUT2D eigenvalue weighted by Gasteiger charge is -2.33. The number of aromatic nitrogens is 2. The number of allylic oxidation sites excluding steroid dienone is 2. The molecule has 4 saturated carbocycles. The smallest absolute Gasteiger partial charge is 0.255 e. The van der Waals surface area contributed by atoms with Crippen molar-refractivity contribution in [2.45, 2.75) is 57.4 Å². The number of likely N-dealkylation sites (tertiary alicyclic amines) is 1. The maximum Gasteiger partial charge on any atom is 0.255 e. The Morgan fingerprint density at radius 2 is 1.08 bits per heavy atom. The predicted molar refractivity (Wildman–Crippen MR) is 232 cm³/mol. The number of rotatable bonds is 6. The van der Waals surface area contributed by atoms with Crippen LogP contribution >= 0.6 is 0 Å². The van der Waals surface area contributed by atoms with Gasteiger partial charge in [0.2, 0.25) is 29.5 Å². The van der Waals surface area contributed by atoms with E-state index in [1.165, 1.54) is 4.90 Å². The van der Waals surface area contributed by atoms with E-state index in [0.717, 1.165) is 53.2 Å². The molecule has 6 fully saturated rings. The first-order valence-corrected chi connectivity index (χ1v) is 22.1. The highest BCUT2D eigenvalue weighted by molar-refractivity contribution is 6.23. The molecule has 62 heavy (non-hydrogen) atoms. The maximum atomic E-state index is 13.1. The van der Waals surface area contributed by atoms with Gasteiger partial charge < -0.3 is 10.6 Å². The predicted octanol–water partition coefficient (Wildman–Crippen LogP) is 7.56. The summed E-state index contributed by atoms with van der Waals surface area (Å²) in [6.07, 6.45) is 14.5. The molecule has 2 N–H and O–H groups in total. The van der Waals surface area contributed by atoms with Crippen molar-refractivity contribution in [1.29, 1.82) is 0 Å². The lowest BCUT2D eigenvalue weighted by molar-refractivity contribution is -0.144. The van der Waals surface area contributed by atoms with Gasteiger partial charge in [0.1, 0.15) is 0 Å². The van der Waals surface area contributed by atoms with E-state index in [0.29, 0.717) is 54.5 Å². The average Bonchev–Trinajstić information content (AvgIpc) is 4.17. The van der Waals surface area contributed by atoms with Gasteiger partial charge in [0.25, 0.3) is 5.91 Å². The molecule has 2 saturated heterocycles. The first-order chi connectivity index (χ1) is 30.2. The molecule has 3 aromatic carbocycles. The highest BCUT2D eigenvalue weighted by Gasteiger charge is 2.62. The van der Waals surface area contributed by atoms with Crippen LogP contribution in [0.4, 0.5) is 17.1 Å². The number of carbonyl (C=O) groups excluding carboxylic acids is 6. The second-order valence-electron chi connectivity index (χ2n) is 18.2. The topological polar surface area (TPSA) is 159 Å². The monoisotopic (exact) mass is 826 g/mol. The van der Waals surface area contributed by atoms with E-state index in [9.17, 15) is 28.8 Å². The highest BCUT2D eigenvalue weighted by atomic mass is 16.2. The van der Waals surface area contributed by atoms with Gasteiger partial charge >= 0.3 is 0 Å². The number of carbonyl (C=O) groups is 6. The van der Waals surface area contributed by atoms with Crippen molar-refractivity contribution in [3.05, 3.63) is 115 Å². The molecule has 12 heteroatoms. The number of anilines is 3. The van der Waals surface area contributed by atoms with E-state index in [1.807, 2.05) is 60.7 Å². The van der Waals surface area contributed by atoms with Gasteiger partial charge in [-0.25, -0.2) is 0 Å². The summed E-state index contributed by atoms with van der Waals surface area (Å²) in [4.78, 5) is 89.5. The van der Waals surface area contributed by atoms with E-state index in [4.69, 9.17) is 0 Å². The molecule has 2 aliphatic heterocycles. The van der Waals surface area contributed by atoms with Crippen LogP contribution in [0.15, 0.2) is 109 Å². The number of nitrogens with zero attached hydrogens (tertiary/aromatic N) is 4. The molecule has 5 aliphatic carbocycles. The molecule has 8 atom stereocenters. The summed E-state index contributed by atoms with van der Waals surface area (Å²) in [5.41, 5.74) is 3.88. The third-order valence-corrected chi connectivity index (χ3v) is 15.0. The largest absolute Gasteiger partial charge is 0.324 e. The molecule has 4 bridgehead atoms. The van der Waals surface area contributed by atoms with Gasteiger partial charge in [-0.05, 0) is 124 Å². The van der Waals surface area contributed by atoms with Crippen molar-refractivity contribution in [2.75, 3.05) is 15.5 Å². The van der Waals surface area contributed by atoms with E-state index >= 15 is 0 Å². The maximum absolute atomic E-state index is 13.1. The number of benzene rings is 3. The number of pyridine rings is 2. The van der Waals surface area contributed by atoms with Gasteiger partial charge in [-0.3, -0.25) is 48.5 Å². The van der Waals surface area contributed by atoms with Crippen molar-refractivity contribution in [1.82, 2.24) is 14.9 Å². The van der Waals surface area contributed by atoms with Crippen LogP contribution in [0, 0.1) is 53.3 Å². The van der Waals surface area contributed by atoms with Gasteiger partial charge in [-0.15, -0.1) is 0 Å². The summed E-state index contributed by atoms with van der Waals surface area (Å²) in [7, 11) is 0. The Morgan fingerprint density at radius 1 is 0.548 bits per heavy atom. The molecule has 0 spiro atoms. The molecular weight excluding hydrogens is 781 g/mol. The van der Waals surface area contributed by atoms with Gasteiger partial charge in [-0.1, -0.05) is 48.6 Å². The average molecular weight is 827 g/mol. The zero-order valence-electron chi connectivity index (χ0n) is 34.1. The summed E-state index contributed by atoms with van der Waals surface area (Å²) in [6, 6.07) is 25.7. The Labute approximate surface area is 358 Å². The zero-order chi connectivity index (χ0) is 42.2. The summed E-state index contributed by atoms with van der Waals surface area (Å²) in [5.74, 6) is 0.178. The number of hydrogen-bond donors (Lipinski definition) is 2. The summed E-state index contributed by atoms with van der Waals surface area (Å²) < 4.78 is 0. The number of amides is 6. The first-order valence-electron chi connectivity index (χ1n) is 22.1. The summed E-state index contributed by atoms with van der Waals surface area (Å²) >= 11 is 0. The fraction of sp³-hybridized carbons (Fsp3) is 0.360. The van der Waals surface area contributed by atoms with Gasteiger partial charge in [0.15, 0.2) is 0 Å². The fourth-order valence-corrected chi connectivity index (χ4v) is 12.1. The molecule has 312 valence electrons. The molecule has 2 aromatic heterocycles. The van der Waals surface area contributed by atoms with Crippen LogP contribution in [0.5, 0.6) is 0 Å². The minimum atomic E-state index is -0.265. The molecular formula is C50H46N6O6. The van der Waals surface area contributed by atoms with E-state index < -0.39 is 0 Å². The standard InChI is InChI=1S/C25H25N3O3.C25H21N3O3/c2*29-23(27-19-5-1-3-14-4-2-12-26-22(14)19)15-8-10-18(11-9-15)28-24(30)20-16-6-7-17(13-16)21(20)25(28)31/h1-7,12,15-18,20-21H,8-11,13H2,(H,27,29);1-5,8-12,16-17,20-21H,6-7,13H2,(H,27,29)/t15?,16-,17?,18?,20-,21+;16-,17?,20-,21+/m00/s1. The van der Waals surface area contributed by atoms with Crippen molar-refractivity contribution < 1.29 is 28.8 Å². The van der Waals surface area contributed by atoms with Gasteiger partial charge in [-0.2, -0.15) is 0 Å². The molecule has 6 amide bonds. The Bertz CT molecular complexity index is 2660. The molecule has 4 heterocycles. The highest BCUT2D eigenvalue weighted by Crippen LogP contribution is 2.57.